The number of sulfonamides is 1. The van der Waals surface area contributed by atoms with E-state index < -0.39 is 10.0 Å². The van der Waals surface area contributed by atoms with Crippen molar-refractivity contribution in [1.82, 2.24) is 24.4 Å². The van der Waals surface area contributed by atoms with Crippen LogP contribution in [0.4, 0.5) is 0 Å². The molecule has 2 heterocycles. The Kier molecular flexibility index (Phi) is 6.80. The van der Waals surface area contributed by atoms with Gasteiger partial charge in [-0.05, 0) is 48.7 Å². The maximum absolute atomic E-state index is 12.9. The summed E-state index contributed by atoms with van der Waals surface area (Å²) in [4.78, 5) is 16.5. The molecule has 1 N–H and O–H groups in total. The van der Waals surface area contributed by atoms with Crippen molar-refractivity contribution in [1.29, 1.82) is 0 Å². The van der Waals surface area contributed by atoms with Crippen molar-refractivity contribution in [2.45, 2.75) is 24.3 Å². The highest BCUT2D eigenvalue weighted by atomic mass is 35.5. The van der Waals surface area contributed by atoms with Gasteiger partial charge in [0.25, 0.3) is 0 Å². The van der Waals surface area contributed by atoms with Gasteiger partial charge in [-0.15, -0.1) is 0 Å². The molecule has 3 aromatic rings. The predicted molar refractivity (Wildman–Crippen MR) is 121 cm³/mol. The van der Waals surface area contributed by atoms with Crippen molar-refractivity contribution in [3.8, 4) is 5.69 Å². The molecule has 168 valence electrons. The lowest BCUT2D eigenvalue weighted by atomic mass is 9.97. The summed E-state index contributed by atoms with van der Waals surface area (Å²) in [5.74, 6) is -0.325. The van der Waals surface area contributed by atoms with Crippen LogP contribution in [0, 0.1) is 5.92 Å². The highest BCUT2D eigenvalue weighted by molar-refractivity contribution is 7.89. The summed E-state index contributed by atoms with van der Waals surface area (Å²) in [6.45, 7) is 0.888. The summed E-state index contributed by atoms with van der Waals surface area (Å²) < 4.78 is 28.9. The first kappa shape index (κ1) is 22.7. The van der Waals surface area contributed by atoms with Crippen LogP contribution < -0.4 is 5.32 Å². The Labute approximate surface area is 196 Å². The molecule has 0 aliphatic carbocycles. The van der Waals surface area contributed by atoms with E-state index >= 15 is 0 Å². The number of amides is 1. The number of hydrogen-bond acceptors (Lipinski definition) is 5. The van der Waals surface area contributed by atoms with Gasteiger partial charge in [0.15, 0.2) is 0 Å². The number of carbonyl (C=O) groups excluding carboxylic acids is 1. The Balaban J connectivity index is 1.31. The summed E-state index contributed by atoms with van der Waals surface area (Å²) in [5, 5.41) is 7.45. The van der Waals surface area contributed by atoms with Gasteiger partial charge in [-0.25, -0.2) is 18.1 Å². The molecule has 1 saturated heterocycles. The zero-order valence-electron chi connectivity index (χ0n) is 17.0. The van der Waals surface area contributed by atoms with Crippen LogP contribution in [0.25, 0.3) is 5.69 Å². The van der Waals surface area contributed by atoms with E-state index in [-0.39, 0.29) is 34.8 Å². The monoisotopic (exact) mass is 493 g/mol. The molecular weight excluding hydrogens is 473 g/mol. The maximum Gasteiger partial charge on any atom is 0.244 e. The average Bonchev–Trinajstić information content (AvgIpc) is 3.34. The molecule has 0 spiro atoms. The molecule has 8 nitrogen and oxygen atoms in total. The quantitative estimate of drug-likeness (QED) is 0.567. The first-order valence-corrected chi connectivity index (χ1v) is 12.2. The second-order valence-corrected chi connectivity index (χ2v) is 10.2. The molecule has 1 aliphatic rings. The Hall–Kier alpha value is -2.46. The number of nitrogens with one attached hydrogen (secondary N) is 1. The SMILES string of the molecule is O=C(NCc1ccc(-n2cncn2)cc1)C1CCN(S(=O)(=O)c2cc(Cl)ccc2Cl)CC1. The van der Waals surface area contributed by atoms with Crippen LogP contribution in [0.15, 0.2) is 60.0 Å². The molecule has 0 unspecified atom stereocenters. The van der Waals surface area contributed by atoms with Crippen molar-refractivity contribution in [2.24, 2.45) is 5.92 Å². The van der Waals surface area contributed by atoms with Crippen LogP contribution in [0.2, 0.25) is 10.0 Å². The van der Waals surface area contributed by atoms with E-state index in [4.69, 9.17) is 23.2 Å². The molecule has 1 amide bonds. The molecule has 0 bridgehead atoms. The lowest BCUT2D eigenvalue weighted by Gasteiger charge is -2.30. The van der Waals surface area contributed by atoms with Crippen LogP contribution in [0.5, 0.6) is 0 Å². The van der Waals surface area contributed by atoms with Gasteiger partial charge < -0.3 is 5.32 Å². The van der Waals surface area contributed by atoms with Gasteiger partial charge in [0.1, 0.15) is 17.6 Å². The minimum atomic E-state index is -3.77. The number of rotatable bonds is 6. The Morgan fingerprint density at radius 1 is 1.09 bits per heavy atom. The summed E-state index contributed by atoms with van der Waals surface area (Å²) >= 11 is 12.0. The third-order valence-electron chi connectivity index (χ3n) is 5.42. The van der Waals surface area contributed by atoms with Crippen molar-refractivity contribution in [3.05, 3.63) is 70.7 Å². The fraction of sp³-hybridized carbons (Fsp3) is 0.286. The molecular formula is C21H21Cl2N5O3S. The van der Waals surface area contributed by atoms with E-state index in [1.54, 1.807) is 17.1 Å². The van der Waals surface area contributed by atoms with E-state index in [1.807, 2.05) is 24.3 Å². The first-order chi connectivity index (χ1) is 15.3. The van der Waals surface area contributed by atoms with Gasteiger partial charge >= 0.3 is 0 Å². The summed E-state index contributed by atoms with van der Waals surface area (Å²) in [5.41, 5.74) is 1.84. The van der Waals surface area contributed by atoms with Crippen LogP contribution in [0.3, 0.4) is 0 Å². The number of carbonyl (C=O) groups is 1. The van der Waals surface area contributed by atoms with Crippen molar-refractivity contribution in [2.75, 3.05) is 13.1 Å². The summed E-state index contributed by atoms with van der Waals surface area (Å²) in [6, 6.07) is 12.0. The normalized spacial score (nSPS) is 15.6. The molecule has 1 fully saturated rings. The number of aromatic nitrogens is 3. The fourth-order valence-electron chi connectivity index (χ4n) is 3.61. The van der Waals surface area contributed by atoms with Gasteiger partial charge in [0.2, 0.25) is 15.9 Å². The Morgan fingerprint density at radius 3 is 2.47 bits per heavy atom. The van der Waals surface area contributed by atoms with Crippen LogP contribution in [-0.2, 0) is 21.4 Å². The van der Waals surface area contributed by atoms with Crippen LogP contribution >= 0.6 is 23.2 Å². The van der Waals surface area contributed by atoms with E-state index in [2.05, 4.69) is 15.4 Å². The zero-order valence-corrected chi connectivity index (χ0v) is 19.3. The maximum atomic E-state index is 12.9. The molecule has 2 aromatic carbocycles. The number of nitrogens with zero attached hydrogens (tertiary/aromatic N) is 4. The molecule has 1 aliphatic heterocycles. The molecule has 32 heavy (non-hydrogen) atoms. The predicted octanol–water partition coefficient (Wildman–Crippen LogP) is 3.29. The third kappa shape index (κ3) is 4.96. The van der Waals surface area contributed by atoms with Crippen molar-refractivity contribution in [3.63, 3.8) is 0 Å². The summed E-state index contributed by atoms with van der Waals surface area (Å²) in [6.07, 6.45) is 3.96. The first-order valence-electron chi connectivity index (χ1n) is 10.0. The van der Waals surface area contributed by atoms with Gasteiger partial charge in [-0.1, -0.05) is 35.3 Å². The van der Waals surface area contributed by atoms with Gasteiger partial charge in [-0.3, -0.25) is 4.79 Å². The van der Waals surface area contributed by atoms with E-state index in [9.17, 15) is 13.2 Å². The van der Waals surface area contributed by atoms with E-state index in [0.29, 0.717) is 24.4 Å². The molecule has 4 rings (SSSR count). The highest BCUT2D eigenvalue weighted by Gasteiger charge is 2.33. The van der Waals surface area contributed by atoms with Gasteiger partial charge in [0, 0.05) is 30.6 Å². The van der Waals surface area contributed by atoms with Gasteiger partial charge in [-0.2, -0.15) is 9.40 Å². The van der Waals surface area contributed by atoms with E-state index in [1.165, 1.54) is 22.8 Å². The molecule has 0 saturated carbocycles. The largest absolute Gasteiger partial charge is 0.352 e. The van der Waals surface area contributed by atoms with Crippen LogP contribution in [-0.4, -0.2) is 46.5 Å². The van der Waals surface area contributed by atoms with Crippen molar-refractivity contribution >= 4 is 39.1 Å². The number of halogens is 2. The molecule has 0 radical (unpaired) electrons. The average molecular weight is 494 g/mol. The lowest BCUT2D eigenvalue weighted by molar-refractivity contribution is -0.126. The smallest absolute Gasteiger partial charge is 0.244 e. The standard InChI is InChI=1S/C21H21Cl2N5O3S/c22-17-3-6-19(23)20(11-17)32(30,31)27-9-7-16(8-10-27)21(29)25-12-15-1-4-18(5-2-15)28-14-24-13-26-28/h1-6,11,13-14,16H,7-10,12H2,(H,25,29). The Bertz CT molecular complexity index is 1190. The zero-order chi connectivity index (χ0) is 22.7. The second kappa shape index (κ2) is 9.58. The van der Waals surface area contributed by atoms with Crippen molar-refractivity contribution < 1.29 is 13.2 Å². The molecule has 11 heteroatoms. The summed E-state index contributed by atoms with van der Waals surface area (Å²) in [7, 11) is -3.77. The topological polar surface area (TPSA) is 97.2 Å². The fourth-order valence-corrected chi connectivity index (χ4v) is 5.82. The van der Waals surface area contributed by atoms with Gasteiger partial charge in [0.05, 0.1) is 10.7 Å². The number of hydrogen-bond donors (Lipinski definition) is 1. The highest BCUT2D eigenvalue weighted by Crippen LogP contribution is 2.30. The molecule has 0 atom stereocenters. The third-order valence-corrected chi connectivity index (χ3v) is 8.04. The second-order valence-electron chi connectivity index (χ2n) is 7.48. The lowest BCUT2D eigenvalue weighted by Crippen LogP contribution is -2.42. The van der Waals surface area contributed by atoms with Crippen LogP contribution in [0.1, 0.15) is 18.4 Å². The number of piperidine rings is 1. The molecule has 1 aromatic heterocycles. The number of benzene rings is 2. The minimum absolute atomic E-state index is 0.0103. The van der Waals surface area contributed by atoms with E-state index in [0.717, 1.165) is 11.3 Å². The minimum Gasteiger partial charge on any atom is -0.352 e. The Morgan fingerprint density at radius 2 is 1.81 bits per heavy atom.